The summed E-state index contributed by atoms with van der Waals surface area (Å²) < 4.78 is 59.2. The van der Waals surface area contributed by atoms with Crippen molar-refractivity contribution in [3.05, 3.63) is 42.0 Å². The lowest BCUT2D eigenvalue weighted by molar-refractivity contribution is -0.140. The van der Waals surface area contributed by atoms with Crippen LogP contribution in [0, 0.1) is 5.82 Å². The molecule has 0 unspecified atom stereocenters. The van der Waals surface area contributed by atoms with Gasteiger partial charge in [-0.1, -0.05) is 0 Å². The molecular weight excluding hydrogens is 368 g/mol. The number of ether oxygens (including phenoxy) is 1. The molecule has 1 fully saturated rings. The van der Waals surface area contributed by atoms with E-state index in [-0.39, 0.29) is 5.69 Å². The number of fused-ring (bicyclic) bond motifs is 1. The number of hydrogen-bond acceptors (Lipinski definition) is 5. The second kappa shape index (κ2) is 6.38. The Morgan fingerprint density at radius 3 is 2.52 bits per heavy atom. The van der Waals surface area contributed by atoms with Gasteiger partial charge in [0.05, 0.1) is 42.4 Å². The summed E-state index contributed by atoms with van der Waals surface area (Å²) >= 11 is 0. The highest BCUT2D eigenvalue weighted by atomic mass is 19.4. The summed E-state index contributed by atoms with van der Waals surface area (Å²) in [4.78, 5) is 6.38. The third kappa shape index (κ3) is 3.16. The van der Waals surface area contributed by atoms with Crippen molar-refractivity contribution in [3.63, 3.8) is 0 Å². The van der Waals surface area contributed by atoms with E-state index >= 15 is 0 Å². The number of phenols is 1. The fourth-order valence-corrected chi connectivity index (χ4v) is 3.01. The Morgan fingerprint density at radius 1 is 1.07 bits per heavy atom. The minimum absolute atomic E-state index is 0.114. The van der Waals surface area contributed by atoms with Crippen molar-refractivity contribution < 1.29 is 27.4 Å². The molecule has 3 aromatic rings. The number of rotatable bonds is 2. The Balaban J connectivity index is 1.77. The molecule has 1 saturated heterocycles. The van der Waals surface area contributed by atoms with E-state index in [0.717, 1.165) is 6.07 Å². The highest BCUT2D eigenvalue weighted by Gasteiger charge is 2.36. The Hall–Kier alpha value is -2.88. The maximum atomic E-state index is 13.7. The zero-order valence-electron chi connectivity index (χ0n) is 13.9. The standard InChI is InChI=1S/C17H14F4N4O2/c18-16-12(17(19,20)21)6-11(7-14(16)26)25-13-9-22-15(5-10(13)8-23-25)24-1-3-27-4-2-24/h5-9,26H,1-4H2. The summed E-state index contributed by atoms with van der Waals surface area (Å²) in [5.41, 5.74) is -1.23. The average Bonchev–Trinajstić information content (AvgIpc) is 3.07. The smallest absolute Gasteiger partial charge is 0.419 e. The predicted octanol–water partition coefficient (Wildman–Crippen LogP) is 3.12. The van der Waals surface area contributed by atoms with E-state index in [1.165, 1.54) is 17.1 Å². The second-order valence-electron chi connectivity index (χ2n) is 6.08. The Kier molecular flexibility index (Phi) is 4.14. The number of halogens is 4. The average molecular weight is 382 g/mol. The number of pyridine rings is 1. The molecule has 0 aliphatic carbocycles. The number of phenolic OH excluding ortho intramolecular Hbond substituents is 1. The largest absolute Gasteiger partial charge is 0.505 e. The molecule has 0 amide bonds. The summed E-state index contributed by atoms with van der Waals surface area (Å²) in [6.45, 7) is 2.56. The van der Waals surface area contributed by atoms with Gasteiger partial charge in [-0.15, -0.1) is 0 Å². The number of alkyl halides is 3. The number of aromatic hydroxyl groups is 1. The molecule has 1 aliphatic rings. The van der Waals surface area contributed by atoms with Crippen LogP contribution in [0.25, 0.3) is 16.6 Å². The van der Waals surface area contributed by atoms with Crippen molar-refractivity contribution in [2.75, 3.05) is 31.2 Å². The predicted molar refractivity (Wildman–Crippen MR) is 88.5 cm³/mol. The summed E-state index contributed by atoms with van der Waals surface area (Å²) in [5, 5.41) is 14.3. The quantitative estimate of drug-likeness (QED) is 0.690. The van der Waals surface area contributed by atoms with E-state index in [9.17, 15) is 22.7 Å². The van der Waals surface area contributed by atoms with Gasteiger partial charge in [-0.3, -0.25) is 0 Å². The first-order valence-electron chi connectivity index (χ1n) is 8.11. The first-order chi connectivity index (χ1) is 12.8. The SMILES string of the molecule is Oc1cc(-n2ncc3cc(N4CCOCC4)ncc32)cc(C(F)(F)F)c1F. The summed E-state index contributed by atoms with van der Waals surface area (Å²) in [7, 11) is 0. The molecule has 2 aromatic heterocycles. The third-order valence-corrected chi connectivity index (χ3v) is 4.36. The highest BCUT2D eigenvalue weighted by Crippen LogP contribution is 2.37. The molecule has 27 heavy (non-hydrogen) atoms. The van der Waals surface area contributed by atoms with Gasteiger partial charge in [0.1, 0.15) is 5.82 Å². The van der Waals surface area contributed by atoms with E-state index in [0.29, 0.717) is 49.1 Å². The normalized spacial score (nSPS) is 15.5. The van der Waals surface area contributed by atoms with Gasteiger partial charge in [0.2, 0.25) is 0 Å². The molecule has 0 saturated carbocycles. The third-order valence-electron chi connectivity index (χ3n) is 4.36. The van der Waals surface area contributed by atoms with Crippen LogP contribution in [0.5, 0.6) is 5.75 Å². The number of anilines is 1. The Morgan fingerprint density at radius 2 is 1.81 bits per heavy atom. The molecule has 6 nitrogen and oxygen atoms in total. The van der Waals surface area contributed by atoms with Gasteiger partial charge in [0.25, 0.3) is 0 Å². The van der Waals surface area contributed by atoms with Crippen LogP contribution in [0.4, 0.5) is 23.4 Å². The van der Waals surface area contributed by atoms with Gasteiger partial charge < -0.3 is 14.7 Å². The Labute approximate surface area is 150 Å². The zero-order chi connectivity index (χ0) is 19.2. The number of benzene rings is 1. The van der Waals surface area contributed by atoms with Gasteiger partial charge in [-0.25, -0.2) is 14.1 Å². The van der Waals surface area contributed by atoms with Gasteiger partial charge >= 0.3 is 6.18 Å². The van der Waals surface area contributed by atoms with Crippen LogP contribution < -0.4 is 4.90 Å². The first-order valence-corrected chi connectivity index (χ1v) is 8.11. The fraction of sp³-hybridized carbons (Fsp3) is 0.294. The lowest BCUT2D eigenvalue weighted by Crippen LogP contribution is -2.36. The van der Waals surface area contributed by atoms with Crippen molar-refractivity contribution in [1.82, 2.24) is 14.8 Å². The minimum atomic E-state index is -4.94. The van der Waals surface area contributed by atoms with E-state index in [2.05, 4.69) is 10.1 Å². The maximum absolute atomic E-state index is 13.7. The molecule has 1 aromatic carbocycles. The molecule has 3 heterocycles. The Bertz CT molecular complexity index is 996. The number of hydrogen-bond donors (Lipinski definition) is 1. The van der Waals surface area contributed by atoms with Gasteiger partial charge in [0.15, 0.2) is 11.6 Å². The van der Waals surface area contributed by atoms with Gasteiger partial charge in [-0.05, 0) is 12.1 Å². The van der Waals surface area contributed by atoms with E-state index < -0.39 is 23.3 Å². The highest BCUT2D eigenvalue weighted by molar-refractivity contribution is 5.82. The van der Waals surface area contributed by atoms with E-state index in [4.69, 9.17) is 4.74 Å². The van der Waals surface area contributed by atoms with Crippen LogP contribution in [-0.2, 0) is 10.9 Å². The molecule has 10 heteroatoms. The number of morpholine rings is 1. The minimum Gasteiger partial charge on any atom is -0.505 e. The molecule has 1 N–H and O–H groups in total. The van der Waals surface area contributed by atoms with Crippen molar-refractivity contribution in [3.8, 4) is 11.4 Å². The van der Waals surface area contributed by atoms with Crippen LogP contribution in [0.1, 0.15) is 5.56 Å². The lowest BCUT2D eigenvalue weighted by Gasteiger charge is -2.27. The van der Waals surface area contributed by atoms with Crippen LogP contribution in [0.15, 0.2) is 30.6 Å². The van der Waals surface area contributed by atoms with Crippen LogP contribution in [0.3, 0.4) is 0 Å². The molecule has 0 atom stereocenters. The molecule has 0 radical (unpaired) electrons. The summed E-state index contributed by atoms with van der Waals surface area (Å²) in [6.07, 6.45) is -1.97. The van der Waals surface area contributed by atoms with Crippen molar-refractivity contribution >= 4 is 16.7 Å². The van der Waals surface area contributed by atoms with Crippen LogP contribution in [-0.4, -0.2) is 46.2 Å². The molecule has 4 rings (SSSR count). The van der Waals surface area contributed by atoms with Gasteiger partial charge in [0, 0.05) is 24.5 Å². The molecular formula is C17H14F4N4O2. The van der Waals surface area contributed by atoms with E-state index in [1.54, 1.807) is 6.07 Å². The maximum Gasteiger partial charge on any atom is 0.419 e. The monoisotopic (exact) mass is 382 g/mol. The number of nitrogens with zero attached hydrogens (tertiary/aromatic N) is 4. The molecule has 142 valence electrons. The zero-order valence-corrected chi connectivity index (χ0v) is 13.9. The second-order valence-corrected chi connectivity index (χ2v) is 6.08. The van der Waals surface area contributed by atoms with Crippen molar-refractivity contribution in [1.29, 1.82) is 0 Å². The van der Waals surface area contributed by atoms with Crippen LogP contribution >= 0.6 is 0 Å². The first kappa shape index (κ1) is 17.5. The fourth-order valence-electron chi connectivity index (χ4n) is 3.01. The topological polar surface area (TPSA) is 63.4 Å². The van der Waals surface area contributed by atoms with Gasteiger partial charge in [-0.2, -0.15) is 18.3 Å². The lowest BCUT2D eigenvalue weighted by atomic mass is 10.1. The summed E-state index contributed by atoms with van der Waals surface area (Å²) in [5.74, 6) is -2.10. The molecule has 1 aliphatic heterocycles. The number of aromatic nitrogens is 3. The molecule has 0 bridgehead atoms. The summed E-state index contributed by atoms with van der Waals surface area (Å²) in [6, 6.07) is 3.28. The van der Waals surface area contributed by atoms with Crippen LogP contribution in [0.2, 0.25) is 0 Å². The van der Waals surface area contributed by atoms with E-state index in [1.807, 2.05) is 4.90 Å². The van der Waals surface area contributed by atoms with Crippen molar-refractivity contribution in [2.24, 2.45) is 0 Å². The molecule has 0 spiro atoms. The van der Waals surface area contributed by atoms with Crippen molar-refractivity contribution in [2.45, 2.75) is 6.18 Å².